The summed E-state index contributed by atoms with van der Waals surface area (Å²) in [6, 6.07) is 0. The molecule has 1 rings (SSSR count). The van der Waals surface area contributed by atoms with Crippen molar-refractivity contribution in [2.45, 2.75) is 282 Å². The fourth-order valence-electron chi connectivity index (χ4n) is 8.21. The van der Waals surface area contributed by atoms with Crippen LogP contribution < -0.4 is 0 Å². The van der Waals surface area contributed by atoms with Gasteiger partial charge in [0.05, 0.1) is 6.61 Å². The summed E-state index contributed by atoms with van der Waals surface area (Å²) in [4.78, 5) is 25.5. The molecule has 0 spiro atoms. The van der Waals surface area contributed by atoms with Gasteiger partial charge in [-0.15, -0.1) is 0 Å². The molecule has 0 amide bonds. The van der Waals surface area contributed by atoms with Gasteiger partial charge in [-0.25, -0.2) is 0 Å². The van der Waals surface area contributed by atoms with Crippen LogP contribution in [0.4, 0.5) is 0 Å². The molecule has 12 nitrogen and oxygen atoms in total. The van der Waals surface area contributed by atoms with Gasteiger partial charge in [-0.1, -0.05) is 219 Å². The number of ether oxygens (including phenoxy) is 4. The molecule has 2 unspecified atom stereocenters. The summed E-state index contributed by atoms with van der Waals surface area (Å²) in [7, 11) is -4.60. The van der Waals surface area contributed by atoms with Crippen molar-refractivity contribution in [3.8, 4) is 0 Å². The van der Waals surface area contributed by atoms with Crippen LogP contribution in [0.25, 0.3) is 0 Å². The van der Waals surface area contributed by atoms with Gasteiger partial charge in [0.25, 0.3) is 10.1 Å². The largest absolute Gasteiger partial charge is 0.462 e. The maximum atomic E-state index is 12.9. The first-order valence-electron chi connectivity index (χ1n) is 25.6. The molecular weight excluding hydrogens is 813 g/mol. The monoisotopic (exact) mass is 907 g/mol. The van der Waals surface area contributed by atoms with E-state index in [9.17, 15) is 37.9 Å². The van der Waals surface area contributed by atoms with Crippen LogP contribution in [0.3, 0.4) is 0 Å². The zero-order valence-electron chi connectivity index (χ0n) is 39.5. The highest BCUT2D eigenvalue weighted by Crippen LogP contribution is 2.24. The molecule has 0 aromatic heterocycles. The van der Waals surface area contributed by atoms with E-state index in [0.717, 1.165) is 38.5 Å². The van der Waals surface area contributed by atoms with Crippen molar-refractivity contribution in [3.63, 3.8) is 0 Å². The standard InChI is InChI=1S/C49H94O12S/c1-3-5-7-9-11-13-15-17-19-21-22-24-25-27-29-31-33-35-37-44(50)58-39-42(40-59-49-48(54)47(53)46(52)43(61-49)41-62(55,56)57)60-45(51)38-36-34-32-30-28-26-23-20-18-16-14-12-10-8-6-4-2/h42-43,46-49,52-54H,3-41H2,1-2H3,(H,55,56,57)/t42-,43-,46-,47?,48?,49+/m1/s1. The van der Waals surface area contributed by atoms with Crippen LogP contribution in [0, 0.1) is 0 Å². The van der Waals surface area contributed by atoms with Crippen LogP contribution in [-0.4, -0.2) is 96.0 Å². The van der Waals surface area contributed by atoms with Crippen molar-refractivity contribution in [1.82, 2.24) is 0 Å². The van der Waals surface area contributed by atoms with Gasteiger partial charge in [0.15, 0.2) is 12.4 Å². The number of aliphatic hydroxyl groups is 3. The molecule has 0 aliphatic carbocycles. The van der Waals surface area contributed by atoms with Crippen molar-refractivity contribution in [1.29, 1.82) is 0 Å². The van der Waals surface area contributed by atoms with Crippen molar-refractivity contribution in [2.75, 3.05) is 19.0 Å². The second-order valence-corrected chi connectivity index (χ2v) is 19.7. The highest BCUT2D eigenvalue weighted by atomic mass is 32.2. The predicted molar refractivity (Wildman–Crippen MR) is 247 cm³/mol. The van der Waals surface area contributed by atoms with Crippen molar-refractivity contribution < 1.29 is 56.8 Å². The average Bonchev–Trinajstić information content (AvgIpc) is 3.24. The molecule has 13 heteroatoms. The first-order valence-corrected chi connectivity index (χ1v) is 27.2. The number of hydrogen-bond donors (Lipinski definition) is 4. The second kappa shape index (κ2) is 40.0. The Hall–Kier alpha value is -1.35. The summed E-state index contributed by atoms with van der Waals surface area (Å²) < 4.78 is 54.2. The Morgan fingerprint density at radius 1 is 0.484 bits per heavy atom. The molecule has 4 N–H and O–H groups in total. The Morgan fingerprint density at radius 2 is 0.823 bits per heavy atom. The van der Waals surface area contributed by atoms with Gasteiger partial charge >= 0.3 is 11.9 Å². The number of carbonyl (C=O) groups is 2. The van der Waals surface area contributed by atoms with Crippen molar-refractivity contribution in [2.24, 2.45) is 0 Å². The number of carbonyl (C=O) groups excluding carboxylic acids is 2. The Labute approximate surface area is 378 Å². The van der Waals surface area contributed by atoms with E-state index >= 15 is 0 Å². The number of unbranched alkanes of at least 4 members (excludes halogenated alkanes) is 32. The number of esters is 2. The molecule has 0 bridgehead atoms. The fourth-order valence-corrected chi connectivity index (χ4v) is 8.90. The third kappa shape index (κ3) is 34.1. The summed E-state index contributed by atoms with van der Waals surface area (Å²) in [5.74, 6) is -1.96. The first kappa shape index (κ1) is 58.7. The van der Waals surface area contributed by atoms with E-state index in [1.54, 1.807) is 0 Å². The van der Waals surface area contributed by atoms with Crippen molar-refractivity contribution >= 4 is 22.1 Å². The van der Waals surface area contributed by atoms with E-state index in [0.29, 0.717) is 12.8 Å². The molecular formula is C49H94O12S. The maximum absolute atomic E-state index is 12.9. The zero-order chi connectivity index (χ0) is 45.5. The number of hydrogen-bond acceptors (Lipinski definition) is 11. The van der Waals surface area contributed by atoms with Gasteiger partial charge in [0.2, 0.25) is 0 Å². The third-order valence-corrected chi connectivity index (χ3v) is 12.9. The van der Waals surface area contributed by atoms with Crippen LogP contribution in [0.15, 0.2) is 0 Å². The van der Waals surface area contributed by atoms with E-state index in [2.05, 4.69) is 13.8 Å². The quantitative estimate of drug-likeness (QED) is 0.0258. The summed E-state index contributed by atoms with van der Waals surface area (Å²) >= 11 is 0. The van der Waals surface area contributed by atoms with E-state index < -0.39 is 71.2 Å². The molecule has 0 aromatic carbocycles. The highest BCUT2D eigenvalue weighted by Gasteiger charge is 2.46. The van der Waals surface area contributed by atoms with Crippen LogP contribution in [0.5, 0.6) is 0 Å². The highest BCUT2D eigenvalue weighted by molar-refractivity contribution is 7.85. The molecule has 1 saturated heterocycles. The predicted octanol–water partition coefficient (Wildman–Crippen LogP) is 11.2. The number of rotatable bonds is 44. The third-order valence-electron chi connectivity index (χ3n) is 12.2. The smallest absolute Gasteiger partial charge is 0.306 e. The zero-order valence-corrected chi connectivity index (χ0v) is 40.3. The van der Waals surface area contributed by atoms with E-state index in [1.165, 1.54) is 167 Å². The fraction of sp³-hybridized carbons (Fsp3) is 0.959. The minimum atomic E-state index is -4.60. The lowest BCUT2D eigenvalue weighted by Gasteiger charge is -2.40. The lowest BCUT2D eigenvalue weighted by molar-refractivity contribution is -0.297. The van der Waals surface area contributed by atoms with Crippen molar-refractivity contribution in [3.05, 3.63) is 0 Å². The molecule has 62 heavy (non-hydrogen) atoms. The first-order chi connectivity index (χ1) is 30.0. The summed E-state index contributed by atoms with van der Waals surface area (Å²) in [6.45, 7) is 3.81. The van der Waals surface area contributed by atoms with E-state index in [4.69, 9.17) is 18.9 Å². The molecule has 1 aliphatic rings. The molecule has 1 heterocycles. The Kier molecular flexibility index (Phi) is 37.8. The van der Waals surface area contributed by atoms with Gasteiger partial charge in [-0.05, 0) is 12.8 Å². The maximum Gasteiger partial charge on any atom is 0.306 e. The Bertz CT molecular complexity index is 1150. The molecule has 368 valence electrons. The van der Waals surface area contributed by atoms with Crippen LogP contribution in [0.1, 0.15) is 245 Å². The second-order valence-electron chi connectivity index (χ2n) is 18.2. The topological polar surface area (TPSA) is 186 Å². The van der Waals surface area contributed by atoms with Gasteiger partial charge in [-0.3, -0.25) is 14.1 Å². The number of aliphatic hydroxyl groups excluding tert-OH is 3. The minimum Gasteiger partial charge on any atom is -0.462 e. The Balaban J connectivity index is 2.36. The molecule has 0 saturated carbocycles. The molecule has 1 fully saturated rings. The van der Waals surface area contributed by atoms with E-state index in [-0.39, 0.29) is 19.4 Å². The summed E-state index contributed by atoms with van der Waals surface area (Å²) in [5, 5.41) is 31.0. The molecule has 0 radical (unpaired) electrons. The van der Waals surface area contributed by atoms with Crippen LogP contribution >= 0.6 is 0 Å². The van der Waals surface area contributed by atoms with Gasteiger partial charge in [0.1, 0.15) is 36.8 Å². The van der Waals surface area contributed by atoms with Gasteiger partial charge in [-0.2, -0.15) is 8.42 Å². The Morgan fingerprint density at radius 3 is 1.18 bits per heavy atom. The lowest BCUT2D eigenvalue weighted by Crippen LogP contribution is -2.60. The average molecular weight is 907 g/mol. The SMILES string of the molecule is CCCCCCCCCCCCCCCCCCCCC(=O)OC[C@H](CO[C@H]1O[C@H](CS(=O)(=O)O)[C@@H](O)C(O)C1O)OC(=O)CCCCCCCCCCCCCCCCCC. The normalized spacial score (nSPS) is 19.7. The molecule has 6 atom stereocenters. The van der Waals surface area contributed by atoms with Crippen LogP contribution in [-0.2, 0) is 38.7 Å². The van der Waals surface area contributed by atoms with E-state index in [1.807, 2.05) is 0 Å². The van der Waals surface area contributed by atoms with Gasteiger partial charge in [0, 0.05) is 12.8 Å². The van der Waals surface area contributed by atoms with Crippen LogP contribution in [0.2, 0.25) is 0 Å². The minimum absolute atomic E-state index is 0.173. The lowest BCUT2D eigenvalue weighted by atomic mass is 10.00. The molecule has 1 aliphatic heterocycles. The summed E-state index contributed by atoms with van der Waals surface area (Å²) in [5.41, 5.74) is 0. The van der Waals surface area contributed by atoms with Gasteiger partial charge < -0.3 is 34.3 Å². The summed E-state index contributed by atoms with van der Waals surface area (Å²) in [6.07, 6.45) is 32.8. The molecule has 0 aromatic rings.